The molecule has 0 spiro atoms. The van der Waals surface area contributed by atoms with Gasteiger partial charge in [0.2, 0.25) is 0 Å². The maximum absolute atomic E-state index is 12.0. The van der Waals surface area contributed by atoms with Crippen LogP contribution in [0.2, 0.25) is 0 Å². The van der Waals surface area contributed by atoms with Gasteiger partial charge in [-0.15, -0.1) is 25.6 Å². The van der Waals surface area contributed by atoms with E-state index in [0.29, 0.717) is 12.3 Å². The molecule has 0 aliphatic rings. The van der Waals surface area contributed by atoms with Crippen LogP contribution in [0.3, 0.4) is 0 Å². The zero-order valence-corrected chi connectivity index (χ0v) is 12.3. The molecule has 0 atom stereocenters. The first kappa shape index (κ1) is 18.1. The molecule has 0 fully saturated rings. The lowest BCUT2D eigenvalue weighted by Crippen LogP contribution is -2.17. The van der Waals surface area contributed by atoms with Gasteiger partial charge in [-0.3, -0.25) is 0 Å². The van der Waals surface area contributed by atoms with Gasteiger partial charge in [0, 0.05) is 6.54 Å². The van der Waals surface area contributed by atoms with Crippen molar-refractivity contribution < 1.29 is 22.6 Å². The molecular formula is C15H15ClF3NO2. The first-order chi connectivity index (χ1) is 9.96. The number of nitrogens with two attached hydrogens (primary N) is 1. The fraction of sp³-hybridized carbons (Fsp3) is 0.200. The molecule has 0 radical (unpaired) electrons. The second-order valence-corrected chi connectivity index (χ2v) is 4.33. The van der Waals surface area contributed by atoms with Crippen molar-refractivity contribution in [1.29, 1.82) is 0 Å². The third-order valence-corrected chi connectivity index (χ3v) is 2.72. The van der Waals surface area contributed by atoms with Crippen molar-refractivity contribution in [2.24, 2.45) is 5.73 Å². The lowest BCUT2D eigenvalue weighted by molar-refractivity contribution is -0.274. The van der Waals surface area contributed by atoms with Gasteiger partial charge in [0.1, 0.15) is 18.1 Å². The fourth-order valence-electron chi connectivity index (χ4n) is 1.68. The SMILES string of the molecule is Cl.NCc1ccc(OCc2ccc(OC(F)(F)F)cc2)cc1. The zero-order chi connectivity index (χ0) is 15.3. The normalized spacial score (nSPS) is 10.7. The lowest BCUT2D eigenvalue weighted by Gasteiger charge is -2.10. The minimum absolute atomic E-state index is 0. The summed E-state index contributed by atoms with van der Waals surface area (Å²) in [5, 5.41) is 0. The van der Waals surface area contributed by atoms with E-state index in [-0.39, 0.29) is 24.8 Å². The van der Waals surface area contributed by atoms with E-state index < -0.39 is 6.36 Å². The highest BCUT2D eigenvalue weighted by Crippen LogP contribution is 2.23. The maximum Gasteiger partial charge on any atom is 0.573 e. The molecule has 0 aromatic heterocycles. The fourth-order valence-corrected chi connectivity index (χ4v) is 1.68. The molecule has 2 N–H and O–H groups in total. The monoisotopic (exact) mass is 333 g/mol. The molecule has 7 heteroatoms. The first-order valence-corrected chi connectivity index (χ1v) is 6.23. The molecule has 2 aromatic carbocycles. The Bertz CT molecular complexity index is 571. The van der Waals surface area contributed by atoms with Gasteiger partial charge in [-0.25, -0.2) is 0 Å². The Kier molecular flexibility index (Phi) is 6.52. The maximum atomic E-state index is 12.0. The summed E-state index contributed by atoms with van der Waals surface area (Å²) in [6, 6.07) is 12.9. The summed E-state index contributed by atoms with van der Waals surface area (Å²) in [5.74, 6) is 0.418. The van der Waals surface area contributed by atoms with E-state index in [4.69, 9.17) is 10.5 Å². The molecule has 0 saturated heterocycles. The second-order valence-electron chi connectivity index (χ2n) is 4.33. The third-order valence-electron chi connectivity index (χ3n) is 2.72. The van der Waals surface area contributed by atoms with Crippen LogP contribution < -0.4 is 15.2 Å². The van der Waals surface area contributed by atoms with Crippen LogP contribution in [0.4, 0.5) is 13.2 Å². The Morgan fingerprint density at radius 3 is 1.82 bits per heavy atom. The topological polar surface area (TPSA) is 44.5 Å². The van der Waals surface area contributed by atoms with Gasteiger partial charge >= 0.3 is 6.36 Å². The van der Waals surface area contributed by atoms with Crippen molar-refractivity contribution in [2.45, 2.75) is 19.5 Å². The van der Waals surface area contributed by atoms with Crippen LogP contribution in [0.1, 0.15) is 11.1 Å². The summed E-state index contributed by atoms with van der Waals surface area (Å²) < 4.78 is 45.4. The number of alkyl halides is 3. The molecule has 0 saturated carbocycles. The number of hydrogen-bond acceptors (Lipinski definition) is 3. The van der Waals surface area contributed by atoms with E-state index >= 15 is 0 Å². The number of halogens is 4. The van der Waals surface area contributed by atoms with Gasteiger partial charge in [0.15, 0.2) is 0 Å². The van der Waals surface area contributed by atoms with Gasteiger partial charge in [-0.1, -0.05) is 24.3 Å². The third kappa shape index (κ3) is 5.83. The van der Waals surface area contributed by atoms with Gasteiger partial charge in [-0.2, -0.15) is 0 Å². The first-order valence-electron chi connectivity index (χ1n) is 6.23. The quantitative estimate of drug-likeness (QED) is 0.898. The van der Waals surface area contributed by atoms with E-state index in [9.17, 15) is 13.2 Å². The second kappa shape index (κ2) is 7.91. The molecule has 0 aliphatic carbocycles. The summed E-state index contributed by atoms with van der Waals surface area (Å²) in [5.41, 5.74) is 7.23. The average molecular weight is 334 g/mol. The number of benzene rings is 2. The predicted octanol–water partition coefficient (Wildman–Crippen LogP) is 4.04. The van der Waals surface area contributed by atoms with E-state index in [1.807, 2.05) is 12.1 Å². The van der Waals surface area contributed by atoms with Crippen molar-refractivity contribution in [3.05, 3.63) is 59.7 Å². The van der Waals surface area contributed by atoms with Crippen LogP contribution >= 0.6 is 12.4 Å². The van der Waals surface area contributed by atoms with Gasteiger partial charge < -0.3 is 15.2 Å². The van der Waals surface area contributed by atoms with E-state index in [2.05, 4.69) is 4.74 Å². The Balaban J connectivity index is 0.00000242. The van der Waals surface area contributed by atoms with Crippen LogP contribution in [-0.4, -0.2) is 6.36 Å². The van der Waals surface area contributed by atoms with Crippen molar-refractivity contribution in [2.75, 3.05) is 0 Å². The predicted molar refractivity (Wildman–Crippen MR) is 79.0 cm³/mol. The summed E-state index contributed by atoms with van der Waals surface area (Å²) in [4.78, 5) is 0. The minimum atomic E-state index is -4.68. The molecule has 120 valence electrons. The molecule has 0 amide bonds. The van der Waals surface area contributed by atoms with E-state index in [1.54, 1.807) is 12.1 Å². The van der Waals surface area contributed by atoms with Gasteiger partial charge in [-0.05, 0) is 35.4 Å². The molecule has 0 unspecified atom stereocenters. The van der Waals surface area contributed by atoms with Crippen molar-refractivity contribution >= 4 is 12.4 Å². The number of rotatable bonds is 5. The van der Waals surface area contributed by atoms with Gasteiger partial charge in [0.25, 0.3) is 0 Å². The summed E-state index contributed by atoms with van der Waals surface area (Å²) >= 11 is 0. The van der Waals surface area contributed by atoms with Crippen molar-refractivity contribution in [3.63, 3.8) is 0 Å². The highest BCUT2D eigenvalue weighted by molar-refractivity contribution is 5.85. The smallest absolute Gasteiger partial charge is 0.489 e. The number of ether oxygens (including phenoxy) is 2. The molecule has 22 heavy (non-hydrogen) atoms. The molecule has 0 heterocycles. The summed E-state index contributed by atoms with van der Waals surface area (Å²) in [6.45, 7) is 0.717. The van der Waals surface area contributed by atoms with E-state index in [0.717, 1.165) is 11.1 Å². The van der Waals surface area contributed by atoms with E-state index in [1.165, 1.54) is 24.3 Å². The lowest BCUT2D eigenvalue weighted by atomic mass is 10.2. The molecule has 2 aromatic rings. The molecule has 0 aliphatic heterocycles. The molecular weight excluding hydrogens is 319 g/mol. The van der Waals surface area contributed by atoms with Crippen LogP contribution in [0.15, 0.2) is 48.5 Å². The van der Waals surface area contributed by atoms with Gasteiger partial charge in [0.05, 0.1) is 0 Å². The Morgan fingerprint density at radius 1 is 0.818 bits per heavy atom. The van der Waals surface area contributed by atoms with Crippen molar-refractivity contribution in [3.8, 4) is 11.5 Å². The standard InChI is InChI=1S/C15H14F3NO2.ClH/c16-15(17,18)21-14-7-3-12(4-8-14)10-20-13-5-1-11(9-19)2-6-13;/h1-8H,9-10,19H2;1H. The average Bonchev–Trinajstić information content (AvgIpc) is 2.45. The van der Waals surface area contributed by atoms with Crippen LogP contribution in [0, 0.1) is 0 Å². The molecule has 0 bridgehead atoms. The van der Waals surface area contributed by atoms with Crippen LogP contribution in [0.5, 0.6) is 11.5 Å². The molecule has 3 nitrogen and oxygen atoms in total. The summed E-state index contributed by atoms with van der Waals surface area (Å²) in [7, 11) is 0. The summed E-state index contributed by atoms with van der Waals surface area (Å²) in [6.07, 6.45) is -4.68. The van der Waals surface area contributed by atoms with Crippen LogP contribution in [-0.2, 0) is 13.2 Å². The Labute approximate surface area is 132 Å². The zero-order valence-electron chi connectivity index (χ0n) is 11.5. The molecule has 2 rings (SSSR count). The minimum Gasteiger partial charge on any atom is -0.489 e. The van der Waals surface area contributed by atoms with Crippen molar-refractivity contribution in [1.82, 2.24) is 0 Å². The number of hydrogen-bond donors (Lipinski definition) is 1. The highest BCUT2D eigenvalue weighted by atomic mass is 35.5. The van der Waals surface area contributed by atoms with Crippen LogP contribution in [0.25, 0.3) is 0 Å². The Morgan fingerprint density at radius 2 is 1.32 bits per heavy atom. The largest absolute Gasteiger partial charge is 0.573 e. The Hall–Kier alpha value is -1.92. The highest BCUT2D eigenvalue weighted by Gasteiger charge is 2.30.